The van der Waals surface area contributed by atoms with Crippen molar-refractivity contribution in [3.05, 3.63) is 46.5 Å². The Morgan fingerprint density at radius 1 is 1.41 bits per heavy atom. The van der Waals surface area contributed by atoms with E-state index in [4.69, 9.17) is 4.42 Å². The summed E-state index contributed by atoms with van der Waals surface area (Å²) in [6, 6.07) is 6.35. The molecule has 5 heteroatoms. The number of benzene rings is 1. The molecule has 0 saturated heterocycles. The zero-order valence-corrected chi connectivity index (χ0v) is 9.58. The number of rotatable bonds is 3. The maximum absolute atomic E-state index is 10.7. The van der Waals surface area contributed by atoms with Crippen LogP contribution in [-0.2, 0) is 0 Å². The summed E-state index contributed by atoms with van der Waals surface area (Å²) in [6.45, 7) is 3.95. The number of hydrogen-bond donors (Lipinski definition) is 0. The Morgan fingerprint density at radius 3 is 2.76 bits per heavy atom. The molecule has 0 aliphatic rings. The Balaban J connectivity index is 2.38. The lowest BCUT2D eigenvalue weighted by molar-refractivity contribution is -0.384. The van der Waals surface area contributed by atoms with Gasteiger partial charge in [-0.1, -0.05) is 26.0 Å². The van der Waals surface area contributed by atoms with E-state index in [2.05, 4.69) is 4.98 Å². The van der Waals surface area contributed by atoms with Gasteiger partial charge in [-0.25, -0.2) is 4.98 Å². The molecule has 1 aromatic carbocycles. The molecule has 17 heavy (non-hydrogen) atoms. The minimum Gasteiger partial charge on any atom is -0.448 e. The molecule has 0 unspecified atom stereocenters. The zero-order valence-electron chi connectivity index (χ0n) is 9.58. The Morgan fingerprint density at radius 2 is 2.18 bits per heavy atom. The Hall–Kier alpha value is -2.17. The van der Waals surface area contributed by atoms with Gasteiger partial charge in [-0.3, -0.25) is 10.1 Å². The fourth-order valence-electron chi connectivity index (χ4n) is 1.46. The fraction of sp³-hybridized carbons (Fsp3) is 0.250. The maximum Gasteiger partial charge on any atom is 0.270 e. The van der Waals surface area contributed by atoms with E-state index >= 15 is 0 Å². The van der Waals surface area contributed by atoms with E-state index in [1.165, 1.54) is 18.4 Å². The van der Waals surface area contributed by atoms with Gasteiger partial charge >= 0.3 is 0 Å². The number of nitro benzene ring substituents is 1. The van der Waals surface area contributed by atoms with Crippen molar-refractivity contribution < 1.29 is 9.34 Å². The van der Waals surface area contributed by atoms with E-state index in [0.29, 0.717) is 17.1 Å². The van der Waals surface area contributed by atoms with Gasteiger partial charge < -0.3 is 4.42 Å². The summed E-state index contributed by atoms with van der Waals surface area (Å²) in [5.41, 5.74) is 1.36. The fourth-order valence-corrected chi connectivity index (χ4v) is 1.46. The number of oxazole rings is 1. The maximum atomic E-state index is 10.7. The van der Waals surface area contributed by atoms with Crippen LogP contribution in [0.2, 0.25) is 0 Å². The number of nitro groups is 1. The predicted molar refractivity (Wildman–Crippen MR) is 62.7 cm³/mol. The molecule has 0 aliphatic heterocycles. The molecule has 2 aromatic rings. The number of hydrogen-bond acceptors (Lipinski definition) is 4. The van der Waals surface area contributed by atoms with Gasteiger partial charge in [0, 0.05) is 23.6 Å². The van der Waals surface area contributed by atoms with Gasteiger partial charge in [-0.15, -0.1) is 0 Å². The molecular formula is C12H12N2O3. The molecule has 0 N–H and O–H groups in total. The van der Waals surface area contributed by atoms with Crippen molar-refractivity contribution in [1.82, 2.24) is 4.98 Å². The monoisotopic (exact) mass is 232 g/mol. The quantitative estimate of drug-likeness (QED) is 0.600. The summed E-state index contributed by atoms with van der Waals surface area (Å²) in [7, 11) is 0. The van der Waals surface area contributed by atoms with Gasteiger partial charge in [-0.2, -0.15) is 0 Å². The van der Waals surface area contributed by atoms with E-state index in [0.717, 1.165) is 0 Å². The van der Waals surface area contributed by atoms with Gasteiger partial charge in [0.05, 0.1) is 4.92 Å². The van der Waals surface area contributed by atoms with Crippen LogP contribution in [0.25, 0.3) is 11.3 Å². The topological polar surface area (TPSA) is 69.2 Å². The highest BCUT2D eigenvalue weighted by atomic mass is 16.6. The summed E-state index contributed by atoms with van der Waals surface area (Å²) >= 11 is 0. The molecule has 0 bridgehead atoms. The third-order valence-electron chi connectivity index (χ3n) is 2.37. The molecule has 0 radical (unpaired) electrons. The molecule has 0 amide bonds. The van der Waals surface area contributed by atoms with Crippen LogP contribution >= 0.6 is 0 Å². The average molecular weight is 232 g/mol. The summed E-state index contributed by atoms with van der Waals surface area (Å²) < 4.78 is 5.30. The number of nitrogens with zero attached hydrogens (tertiary/aromatic N) is 2. The first-order valence-electron chi connectivity index (χ1n) is 5.28. The molecular weight excluding hydrogens is 220 g/mol. The summed E-state index contributed by atoms with van der Waals surface area (Å²) in [4.78, 5) is 14.5. The molecule has 88 valence electrons. The Bertz CT molecular complexity index is 546. The normalized spacial score (nSPS) is 10.8. The first-order valence-corrected chi connectivity index (χ1v) is 5.28. The van der Waals surface area contributed by atoms with Gasteiger partial charge in [0.1, 0.15) is 12.0 Å². The molecule has 5 nitrogen and oxygen atoms in total. The van der Waals surface area contributed by atoms with Crippen molar-refractivity contribution in [3.63, 3.8) is 0 Å². The smallest absolute Gasteiger partial charge is 0.270 e. The van der Waals surface area contributed by atoms with Crippen LogP contribution in [0.1, 0.15) is 25.7 Å². The first kappa shape index (κ1) is 11.3. The predicted octanol–water partition coefficient (Wildman–Crippen LogP) is 3.37. The average Bonchev–Trinajstić information content (AvgIpc) is 2.78. The van der Waals surface area contributed by atoms with Gasteiger partial charge in [0.2, 0.25) is 0 Å². The van der Waals surface area contributed by atoms with E-state index in [1.54, 1.807) is 12.1 Å². The van der Waals surface area contributed by atoms with Gasteiger partial charge in [0.25, 0.3) is 5.69 Å². The van der Waals surface area contributed by atoms with Crippen molar-refractivity contribution >= 4 is 5.69 Å². The van der Waals surface area contributed by atoms with Crippen LogP contribution < -0.4 is 0 Å². The SMILES string of the molecule is CC(C)c1nc(-c2cccc([N+](=O)[O-])c2)co1. The molecule has 2 rings (SSSR count). The van der Waals surface area contributed by atoms with E-state index < -0.39 is 4.92 Å². The van der Waals surface area contributed by atoms with Crippen molar-refractivity contribution in [3.8, 4) is 11.3 Å². The highest BCUT2D eigenvalue weighted by Gasteiger charge is 2.12. The van der Waals surface area contributed by atoms with E-state index in [9.17, 15) is 10.1 Å². The summed E-state index contributed by atoms with van der Waals surface area (Å²) in [6.07, 6.45) is 1.52. The lowest BCUT2D eigenvalue weighted by Gasteiger charge is -1.96. The molecule has 0 aliphatic carbocycles. The highest BCUT2D eigenvalue weighted by molar-refractivity contribution is 5.61. The number of aromatic nitrogens is 1. The zero-order chi connectivity index (χ0) is 12.4. The molecule has 0 spiro atoms. The van der Waals surface area contributed by atoms with Crippen LogP contribution in [-0.4, -0.2) is 9.91 Å². The van der Waals surface area contributed by atoms with E-state index in [1.807, 2.05) is 13.8 Å². The van der Waals surface area contributed by atoms with Crippen LogP contribution in [0.5, 0.6) is 0 Å². The summed E-state index contributed by atoms with van der Waals surface area (Å²) in [5, 5.41) is 10.7. The minimum absolute atomic E-state index is 0.0524. The van der Waals surface area contributed by atoms with Gasteiger partial charge in [-0.05, 0) is 0 Å². The molecule has 0 atom stereocenters. The lowest BCUT2D eigenvalue weighted by Crippen LogP contribution is -1.89. The van der Waals surface area contributed by atoms with Crippen LogP contribution in [0.15, 0.2) is 34.9 Å². The van der Waals surface area contributed by atoms with Crippen molar-refractivity contribution in [2.45, 2.75) is 19.8 Å². The van der Waals surface area contributed by atoms with Crippen LogP contribution in [0.3, 0.4) is 0 Å². The van der Waals surface area contributed by atoms with Crippen LogP contribution in [0.4, 0.5) is 5.69 Å². The van der Waals surface area contributed by atoms with E-state index in [-0.39, 0.29) is 11.6 Å². The van der Waals surface area contributed by atoms with Crippen LogP contribution in [0, 0.1) is 10.1 Å². The number of non-ortho nitro benzene ring substituents is 1. The molecule has 0 fully saturated rings. The molecule has 0 saturated carbocycles. The lowest BCUT2D eigenvalue weighted by atomic mass is 10.1. The van der Waals surface area contributed by atoms with Crippen molar-refractivity contribution in [1.29, 1.82) is 0 Å². The second-order valence-electron chi connectivity index (χ2n) is 4.03. The Kier molecular flexibility index (Phi) is 2.91. The first-order chi connectivity index (χ1) is 8.08. The highest BCUT2D eigenvalue weighted by Crippen LogP contribution is 2.25. The largest absolute Gasteiger partial charge is 0.448 e. The minimum atomic E-state index is -0.424. The van der Waals surface area contributed by atoms with Gasteiger partial charge in [0.15, 0.2) is 5.89 Å². The summed E-state index contributed by atoms with van der Waals surface area (Å²) in [5.74, 6) is 0.828. The molecule has 1 aromatic heterocycles. The molecule has 1 heterocycles. The second kappa shape index (κ2) is 4.37. The second-order valence-corrected chi connectivity index (χ2v) is 4.03. The Labute approximate surface area is 98.3 Å². The van der Waals surface area contributed by atoms with Crippen molar-refractivity contribution in [2.75, 3.05) is 0 Å². The third kappa shape index (κ3) is 2.33. The third-order valence-corrected chi connectivity index (χ3v) is 2.37. The standard InChI is InChI=1S/C12H12N2O3/c1-8(2)12-13-11(7-17-12)9-4-3-5-10(6-9)14(15)16/h3-8H,1-2H3. The van der Waals surface area contributed by atoms with Crippen molar-refractivity contribution in [2.24, 2.45) is 0 Å².